The number of benzene rings is 1. The van der Waals surface area contributed by atoms with Crippen LogP contribution < -0.4 is 10.6 Å². The van der Waals surface area contributed by atoms with Gasteiger partial charge in [0.25, 0.3) is 0 Å². The fraction of sp³-hybridized carbons (Fsp3) is 0.364. The number of anilines is 1. The van der Waals surface area contributed by atoms with Crippen molar-refractivity contribution in [2.75, 3.05) is 12.4 Å². The number of hydrogen-bond acceptors (Lipinski definition) is 4. The molecule has 5 nitrogen and oxygen atoms in total. The van der Waals surface area contributed by atoms with Crippen LogP contribution in [-0.4, -0.2) is 34.8 Å². The number of aromatic nitrogens is 2. The maximum atomic E-state index is 12.8. The minimum atomic E-state index is -4.42. The van der Waals surface area contributed by atoms with E-state index in [0.29, 0.717) is 28.1 Å². The Bertz CT molecular complexity index is 1010. The highest BCUT2D eigenvalue weighted by Gasteiger charge is 2.34. The first-order valence-corrected chi connectivity index (χ1v) is 10.4. The largest absolute Gasteiger partial charge is 0.434 e. The van der Waals surface area contributed by atoms with E-state index in [1.54, 1.807) is 42.5 Å². The second kappa shape index (κ2) is 10.2. The van der Waals surface area contributed by atoms with Crippen molar-refractivity contribution in [3.8, 4) is 0 Å². The van der Waals surface area contributed by atoms with E-state index in [1.807, 2.05) is 7.05 Å². The molecule has 0 aliphatic heterocycles. The minimum Gasteiger partial charge on any atom is -0.368 e. The van der Waals surface area contributed by atoms with E-state index in [2.05, 4.69) is 15.6 Å². The number of aldehydes is 1. The van der Waals surface area contributed by atoms with Crippen LogP contribution in [-0.2, 0) is 6.18 Å². The summed E-state index contributed by atoms with van der Waals surface area (Å²) >= 11 is 5.59. The second-order valence-corrected chi connectivity index (χ2v) is 7.79. The maximum Gasteiger partial charge on any atom is 0.434 e. The average Bonchev–Trinajstić information content (AvgIpc) is 3.21. The topological polar surface area (TPSA) is 58.4 Å². The van der Waals surface area contributed by atoms with Crippen molar-refractivity contribution in [3.05, 3.63) is 64.9 Å². The number of nitrogens with zero attached hydrogens (tertiary/aromatic N) is 2. The number of rotatable bonds is 4. The Morgan fingerprint density at radius 2 is 1.74 bits per heavy atom. The van der Waals surface area contributed by atoms with E-state index < -0.39 is 11.9 Å². The SMILES string of the molecule is CNC1CCC(Nc2cccc3nc(C(F)(F)F)cn23)CC1.O=Cc1ccccc1Cl. The van der Waals surface area contributed by atoms with Gasteiger partial charge in [-0.2, -0.15) is 13.2 Å². The predicted molar refractivity (Wildman–Crippen MR) is 116 cm³/mol. The highest BCUT2D eigenvalue weighted by molar-refractivity contribution is 6.32. The molecule has 1 aliphatic rings. The molecule has 166 valence electrons. The van der Waals surface area contributed by atoms with Crippen LogP contribution in [0.2, 0.25) is 5.02 Å². The number of fused-ring (bicyclic) bond motifs is 1. The van der Waals surface area contributed by atoms with Crippen LogP contribution in [0.4, 0.5) is 19.0 Å². The number of hydrogen-bond donors (Lipinski definition) is 2. The Labute approximate surface area is 183 Å². The number of carbonyl (C=O) groups is 1. The van der Waals surface area contributed by atoms with Crippen molar-refractivity contribution >= 4 is 29.4 Å². The summed E-state index contributed by atoms with van der Waals surface area (Å²) in [6.07, 6.45) is 1.52. The van der Waals surface area contributed by atoms with Gasteiger partial charge in [0.05, 0.1) is 5.02 Å². The summed E-state index contributed by atoms with van der Waals surface area (Å²) in [7, 11) is 1.96. The molecule has 9 heteroatoms. The number of pyridine rings is 1. The van der Waals surface area contributed by atoms with Gasteiger partial charge in [-0.15, -0.1) is 0 Å². The zero-order valence-electron chi connectivity index (χ0n) is 17.0. The van der Waals surface area contributed by atoms with E-state index in [0.717, 1.165) is 38.2 Å². The van der Waals surface area contributed by atoms with Gasteiger partial charge in [0.1, 0.15) is 11.5 Å². The van der Waals surface area contributed by atoms with Gasteiger partial charge in [0, 0.05) is 23.8 Å². The number of imidazole rings is 1. The molecule has 0 atom stereocenters. The van der Waals surface area contributed by atoms with Gasteiger partial charge in [-0.1, -0.05) is 35.9 Å². The highest BCUT2D eigenvalue weighted by atomic mass is 35.5. The lowest BCUT2D eigenvalue weighted by atomic mass is 9.91. The number of nitrogens with one attached hydrogen (secondary N) is 2. The molecule has 2 heterocycles. The van der Waals surface area contributed by atoms with Gasteiger partial charge >= 0.3 is 6.18 Å². The Morgan fingerprint density at radius 1 is 1.06 bits per heavy atom. The number of carbonyl (C=O) groups excluding carboxylic acids is 1. The first-order valence-electron chi connectivity index (χ1n) is 10.0. The molecular formula is C22H24ClF3N4O. The minimum absolute atomic E-state index is 0.284. The normalized spacial score (nSPS) is 18.9. The molecule has 1 aromatic carbocycles. The third-order valence-electron chi connectivity index (χ3n) is 5.30. The molecule has 0 spiro atoms. The van der Waals surface area contributed by atoms with E-state index in [4.69, 9.17) is 11.6 Å². The summed E-state index contributed by atoms with van der Waals surface area (Å²) < 4.78 is 39.9. The van der Waals surface area contributed by atoms with Crippen LogP contribution in [0.1, 0.15) is 41.7 Å². The molecule has 0 amide bonds. The smallest absolute Gasteiger partial charge is 0.368 e. The van der Waals surface area contributed by atoms with E-state index in [1.165, 1.54) is 4.40 Å². The molecule has 1 fully saturated rings. The molecule has 1 aliphatic carbocycles. The predicted octanol–water partition coefficient (Wildman–Crippen LogP) is 5.45. The monoisotopic (exact) mass is 452 g/mol. The van der Waals surface area contributed by atoms with Gasteiger partial charge in [-0.05, 0) is 50.9 Å². The molecule has 0 radical (unpaired) electrons. The summed E-state index contributed by atoms with van der Waals surface area (Å²) in [6.45, 7) is 0. The zero-order chi connectivity index (χ0) is 22.4. The van der Waals surface area contributed by atoms with Gasteiger partial charge in [0.2, 0.25) is 0 Å². The first-order chi connectivity index (χ1) is 14.8. The molecule has 1 saturated carbocycles. The summed E-state index contributed by atoms with van der Waals surface area (Å²) in [5.74, 6) is 0.661. The molecule has 4 rings (SSSR count). The number of alkyl halides is 3. The molecule has 3 aromatic rings. The van der Waals surface area contributed by atoms with Crippen molar-refractivity contribution in [1.82, 2.24) is 14.7 Å². The zero-order valence-corrected chi connectivity index (χ0v) is 17.7. The van der Waals surface area contributed by atoms with Crippen LogP contribution in [0.3, 0.4) is 0 Å². The Morgan fingerprint density at radius 3 is 2.32 bits per heavy atom. The molecular weight excluding hydrogens is 429 g/mol. The summed E-state index contributed by atoms with van der Waals surface area (Å²) in [5, 5.41) is 7.14. The van der Waals surface area contributed by atoms with Crippen molar-refractivity contribution in [2.24, 2.45) is 0 Å². The Balaban J connectivity index is 0.000000254. The second-order valence-electron chi connectivity index (χ2n) is 7.38. The first kappa shape index (κ1) is 23.1. The fourth-order valence-corrected chi connectivity index (χ4v) is 3.75. The van der Waals surface area contributed by atoms with Gasteiger partial charge in [-0.25, -0.2) is 4.98 Å². The molecule has 0 unspecified atom stereocenters. The van der Waals surface area contributed by atoms with Gasteiger partial charge < -0.3 is 10.6 Å². The van der Waals surface area contributed by atoms with Crippen LogP contribution >= 0.6 is 11.6 Å². The van der Waals surface area contributed by atoms with Crippen LogP contribution in [0.25, 0.3) is 5.65 Å². The number of halogens is 4. The van der Waals surface area contributed by atoms with E-state index >= 15 is 0 Å². The van der Waals surface area contributed by atoms with Crippen LogP contribution in [0, 0.1) is 0 Å². The standard InChI is InChI=1S/C15H19F3N4.C7H5ClO/c1-19-10-5-7-11(8-6-10)20-13-3-2-4-14-21-12(9-22(13)14)15(16,17)18;8-7-4-2-1-3-6(7)5-9/h2-4,9-11,19-20H,5-8H2,1H3;1-5H. The summed E-state index contributed by atoms with van der Waals surface area (Å²) in [6, 6.07) is 12.8. The lowest BCUT2D eigenvalue weighted by molar-refractivity contribution is -0.140. The summed E-state index contributed by atoms with van der Waals surface area (Å²) in [4.78, 5) is 13.8. The van der Waals surface area contributed by atoms with Crippen molar-refractivity contribution in [1.29, 1.82) is 0 Å². The maximum absolute atomic E-state index is 12.8. The fourth-order valence-electron chi connectivity index (χ4n) is 3.57. The van der Waals surface area contributed by atoms with E-state index in [-0.39, 0.29) is 6.04 Å². The van der Waals surface area contributed by atoms with Crippen molar-refractivity contribution < 1.29 is 18.0 Å². The third kappa shape index (κ3) is 5.98. The molecule has 0 saturated heterocycles. The van der Waals surface area contributed by atoms with Crippen LogP contribution in [0.15, 0.2) is 48.7 Å². The average molecular weight is 453 g/mol. The summed E-state index contributed by atoms with van der Waals surface area (Å²) in [5.41, 5.74) is -0.0129. The van der Waals surface area contributed by atoms with Gasteiger partial charge in [0.15, 0.2) is 12.0 Å². The molecule has 0 bridgehead atoms. The van der Waals surface area contributed by atoms with Gasteiger partial charge in [-0.3, -0.25) is 9.20 Å². The molecule has 31 heavy (non-hydrogen) atoms. The lowest BCUT2D eigenvalue weighted by Gasteiger charge is -2.29. The van der Waals surface area contributed by atoms with Crippen molar-refractivity contribution in [3.63, 3.8) is 0 Å². The Kier molecular flexibility index (Phi) is 7.56. The Hall–Kier alpha value is -2.58. The van der Waals surface area contributed by atoms with Crippen molar-refractivity contribution in [2.45, 2.75) is 43.9 Å². The van der Waals surface area contributed by atoms with E-state index in [9.17, 15) is 18.0 Å². The molecule has 2 N–H and O–H groups in total. The van der Waals surface area contributed by atoms with Crippen LogP contribution in [0.5, 0.6) is 0 Å². The third-order valence-corrected chi connectivity index (χ3v) is 5.65. The highest BCUT2D eigenvalue weighted by Crippen LogP contribution is 2.30. The quantitative estimate of drug-likeness (QED) is 0.517. The molecule has 2 aromatic heterocycles. The lowest BCUT2D eigenvalue weighted by Crippen LogP contribution is -2.35.